The van der Waals surface area contributed by atoms with Crippen LogP contribution in [0, 0.1) is 0 Å². The highest BCUT2D eigenvalue weighted by atomic mass is 15.2. The highest BCUT2D eigenvalue weighted by Gasteiger charge is 2.25. The summed E-state index contributed by atoms with van der Waals surface area (Å²) in [6.45, 7) is 14.8. The van der Waals surface area contributed by atoms with Gasteiger partial charge in [0.25, 0.3) is 0 Å². The lowest BCUT2D eigenvalue weighted by atomic mass is 9.92. The third-order valence-electron chi connectivity index (χ3n) is 12.3. The Hall–Kier alpha value is -0.0400. The maximum absolute atomic E-state index is 2.94. The largest absolute Gasteiger partial charge is 0.298 e. The summed E-state index contributed by atoms with van der Waals surface area (Å²) >= 11 is 0. The van der Waals surface area contributed by atoms with E-state index in [-0.39, 0.29) is 0 Å². The fourth-order valence-electron chi connectivity index (χ4n) is 8.45. The first-order valence-corrected chi connectivity index (χ1v) is 24.8. The van der Waals surface area contributed by atoms with Gasteiger partial charge in [0.2, 0.25) is 0 Å². The van der Waals surface area contributed by atoms with Gasteiger partial charge in [-0.05, 0) is 46.2 Å². The summed E-state index contributed by atoms with van der Waals surface area (Å²) < 4.78 is 0. The molecule has 0 bridgehead atoms. The molecular formula is C50H103N. The summed E-state index contributed by atoms with van der Waals surface area (Å²) in [6.07, 6.45) is 61.2. The minimum atomic E-state index is 0.366. The molecule has 0 aromatic rings. The van der Waals surface area contributed by atoms with Crippen molar-refractivity contribution in [2.45, 2.75) is 310 Å². The monoisotopic (exact) mass is 718 g/mol. The minimum absolute atomic E-state index is 0.366. The highest BCUT2D eigenvalue weighted by Crippen LogP contribution is 2.25. The van der Waals surface area contributed by atoms with Gasteiger partial charge >= 0.3 is 0 Å². The molecular weight excluding hydrogens is 615 g/mol. The van der Waals surface area contributed by atoms with Crippen LogP contribution in [-0.2, 0) is 0 Å². The molecule has 0 saturated carbocycles. The van der Waals surface area contributed by atoms with Crippen LogP contribution in [0.4, 0.5) is 0 Å². The molecule has 0 radical (unpaired) electrons. The molecule has 0 aliphatic carbocycles. The summed E-state index contributed by atoms with van der Waals surface area (Å²) in [7, 11) is 0. The van der Waals surface area contributed by atoms with Crippen LogP contribution in [0.3, 0.4) is 0 Å². The zero-order valence-electron chi connectivity index (χ0n) is 37.1. The standard InChI is InChI=1S/C50H103N/c1-6-9-12-15-18-21-24-26-28-30-33-36-39-42-45-48-51(50(4,5)47-44-41-38-35-32-23-20-17-14-11-8-3)49-46-43-40-37-34-31-29-27-25-22-19-16-13-10-7-2/h6-49H2,1-5H3. The molecule has 0 atom stereocenters. The molecule has 0 aromatic heterocycles. The summed E-state index contributed by atoms with van der Waals surface area (Å²) in [5.74, 6) is 0. The Morgan fingerprint density at radius 3 is 0.627 bits per heavy atom. The molecule has 51 heavy (non-hydrogen) atoms. The first kappa shape index (κ1) is 51.0. The third kappa shape index (κ3) is 39.5. The van der Waals surface area contributed by atoms with Crippen LogP contribution >= 0.6 is 0 Å². The van der Waals surface area contributed by atoms with Crippen molar-refractivity contribution in [1.82, 2.24) is 4.90 Å². The van der Waals surface area contributed by atoms with Gasteiger partial charge in [0.05, 0.1) is 0 Å². The smallest absolute Gasteiger partial charge is 0.0153 e. The Bertz CT molecular complexity index is 576. The Kier molecular flexibility index (Phi) is 42.7. The average molecular weight is 718 g/mol. The molecule has 0 N–H and O–H groups in total. The lowest BCUT2D eigenvalue weighted by Gasteiger charge is -2.39. The van der Waals surface area contributed by atoms with Crippen LogP contribution in [0.2, 0.25) is 0 Å². The van der Waals surface area contributed by atoms with Crippen molar-refractivity contribution in [3.05, 3.63) is 0 Å². The van der Waals surface area contributed by atoms with E-state index in [1.165, 1.54) is 283 Å². The van der Waals surface area contributed by atoms with Gasteiger partial charge < -0.3 is 0 Å². The molecule has 0 spiro atoms. The summed E-state index contributed by atoms with van der Waals surface area (Å²) in [4.78, 5) is 2.94. The molecule has 0 aliphatic rings. The van der Waals surface area contributed by atoms with Crippen LogP contribution in [0.5, 0.6) is 0 Å². The van der Waals surface area contributed by atoms with Gasteiger partial charge in [-0.3, -0.25) is 4.90 Å². The van der Waals surface area contributed by atoms with Crippen LogP contribution < -0.4 is 0 Å². The van der Waals surface area contributed by atoms with E-state index >= 15 is 0 Å². The summed E-state index contributed by atoms with van der Waals surface area (Å²) in [5.41, 5.74) is 0.366. The number of nitrogens with zero attached hydrogens (tertiary/aromatic N) is 1. The predicted octanol–water partition coefficient (Wildman–Crippen LogP) is 18.5. The SMILES string of the molecule is CCCCCCCCCCCCCCCCCN(CCCCCCCCCCCCCCCCC)C(C)(C)CCCCCCCCCCCCC. The molecule has 0 unspecified atom stereocenters. The Balaban J connectivity index is 4.19. The molecule has 0 aromatic carbocycles. The molecule has 0 rings (SSSR count). The maximum atomic E-state index is 2.94. The lowest BCUT2D eigenvalue weighted by molar-refractivity contribution is 0.102. The van der Waals surface area contributed by atoms with Gasteiger partial charge in [-0.1, -0.05) is 271 Å². The zero-order valence-corrected chi connectivity index (χ0v) is 37.1. The number of hydrogen-bond acceptors (Lipinski definition) is 1. The van der Waals surface area contributed by atoms with Crippen LogP contribution in [0.1, 0.15) is 304 Å². The zero-order chi connectivity index (χ0) is 37.2. The van der Waals surface area contributed by atoms with Crippen molar-refractivity contribution in [2.24, 2.45) is 0 Å². The van der Waals surface area contributed by atoms with E-state index in [4.69, 9.17) is 0 Å². The molecule has 308 valence electrons. The van der Waals surface area contributed by atoms with Crippen molar-refractivity contribution in [3.8, 4) is 0 Å². The van der Waals surface area contributed by atoms with Crippen molar-refractivity contribution in [3.63, 3.8) is 0 Å². The van der Waals surface area contributed by atoms with Gasteiger partial charge in [-0.15, -0.1) is 0 Å². The first-order valence-electron chi connectivity index (χ1n) is 24.8. The van der Waals surface area contributed by atoms with Crippen molar-refractivity contribution < 1.29 is 0 Å². The second-order valence-corrected chi connectivity index (χ2v) is 18.0. The predicted molar refractivity (Wildman–Crippen MR) is 237 cm³/mol. The van der Waals surface area contributed by atoms with Crippen molar-refractivity contribution >= 4 is 0 Å². The molecule has 0 amide bonds. The molecule has 1 nitrogen and oxygen atoms in total. The van der Waals surface area contributed by atoms with E-state index < -0.39 is 0 Å². The van der Waals surface area contributed by atoms with E-state index in [9.17, 15) is 0 Å². The number of unbranched alkanes of at least 4 members (excludes halogenated alkanes) is 38. The fraction of sp³-hybridized carbons (Fsp3) is 1.00. The van der Waals surface area contributed by atoms with Crippen LogP contribution in [0.25, 0.3) is 0 Å². The van der Waals surface area contributed by atoms with E-state index in [1.54, 1.807) is 0 Å². The van der Waals surface area contributed by atoms with E-state index in [1.807, 2.05) is 0 Å². The minimum Gasteiger partial charge on any atom is -0.298 e. The second-order valence-electron chi connectivity index (χ2n) is 18.0. The van der Waals surface area contributed by atoms with Gasteiger partial charge in [0, 0.05) is 5.54 Å². The van der Waals surface area contributed by atoms with Crippen LogP contribution in [0.15, 0.2) is 0 Å². The average Bonchev–Trinajstić information content (AvgIpc) is 3.12. The van der Waals surface area contributed by atoms with Gasteiger partial charge in [-0.2, -0.15) is 0 Å². The normalized spacial score (nSPS) is 12.1. The number of rotatable bonds is 45. The van der Waals surface area contributed by atoms with Gasteiger partial charge in [-0.25, -0.2) is 0 Å². The van der Waals surface area contributed by atoms with E-state index in [0.717, 1.165) is 0 Å². The molecule has 0 heterocycles. The van der Waals surface area contributed by atoms with E-state index in [2.05, 4.69) is 39.5 Å². The Morgan fingerprint density at radius 2 is 0.412 bits per heavy atom. The number of hydrogen-bond donors (Lipinski definition) is 0. The molecule has 0 aliphatic heterocycles. The Morgan fingerprint density at radius 1 is 0.235 bits per heavy atom. The van der Waals surface area contributed by atoms with Crippen LogP contribution in [-0.4, -0.2) is 23.5 Å². The quantitative estimate of drug-likeness (QED) is 0.0567. The van der Waals surface area contributed by atoms with Crippen molar-refractivity contribution in [1.29, 1.82) is 0 Å². The van der Waals surface area contributed by atoms with Gasteiger partial charge in [0.15, 0.2) is 0 Å². The van der Waals surface area contributed by atoms with E-state index in [0.29, 0.717) is 5.54 Å². The first-order chi connectivity index (χ1) is 25.1. The summed E-state index contributed by atoms with van der Waals surface area (Å²) in [5, 5.41) is 0. The molecule has 0 saturated heterocycles. The van der Waals surface area contributed by atoms with Crippen molar-refractivity contribution in [2.75, 3.05) is 13.1 Å². The second kappa shape index (κ2) is 42.7. The fourth-order valence-corrected chi connectivity index (χ4v) is 8.45. The molecule has 0 fully saturated rings. The summed E-state index contributed by atoms with van der Waals surface area (Å²) in [6, 6.07) is 0. The third-order valence-corrected chi connectivity index (χ3v) is 12.3. The lowest BCUT2D eigenvalue weighted by Crippen LogP contribution is -2.45. The van der Waals surface area contributed by atoms with Gasteiger partial charge in [0.1, 0.15) is 0 Å². The Labute approximate surface area is 326 Å². The maximum Gasteiger partial charge on any atom is 0.0153 e. The topological polar surface area (TPSA) is 3.24 Å². The molecule has 1 heteroatoms. The highest BCUT2D eigenvalue weighted by molar-refractivity contribution is 4.81.